The van der Waals surface area contributed by atoms with E-state index in [2.05, 4.69) is 240 Å². The largest absolute Gasteiger partial charge is 0.310 e. The molecular weight excluding hydrogens is 757 g/mol. The van der Waals surface area contributed by atoms with Crippen molar-refractivity contribution >= 4 is 81.1 Å². The fraction of sp³-hybridized carbons (Fsp3) is 0. The first kappa shape index (κ1) is 35.2. The summed E-state index contributed by atoms with van der Waals surface area (Å²) in [6.07, 6.45) is 0. The molecule has 0 saturated heterocycles. The summed E-state index contributed by atoms with van der Waals surface area (Å²) in [5.41, 5.74) is 14.3. The number of fused-ring (bicyclic) bond motifs is 7. The molecule has 0 atom stereocenters. The van der Waals surface area contributed by atoms with Gasteiger partial charge in [0.25, 0.3) is 0 Å². The fourth-order valence-electron chi connectivity index (χ4n) is 9.36. The predicted molar refractivity (Wildman–Crippen MR) is 262 cm³/mol. The minimum Gasteiger partial charge on any atom is -0.310 e. The number of nitrogens with zero attached hydrogens (tertiary/aromatic N) is 2. The van der Waals surface area contributed by atoms with E-state index in [1.54, 1.807) is 0 Å². The van der Waals surface area contributed by atoms with Gasteiger partial charge in [-0.2, -0.15) is 0 Å². The lowest BCUT2D eigenvalue weighted by Gasteiger charge is -2.26. The number of aromatic nitrogens is 1. The molecule has 61 heavy (non-hydrogen) atoms. The van der Waals surface area contributed by atoms with Gasteiger partial charge < -0.3 is 9.47 Å². The van der Waals surface area contributed by atoms with Crippen LogP contribution >= 0.6 is 11.3 Å². The third-order valence-electron chi connectivity index (χ3n) is 12.2. The highest BCUT2D eigenvalue weighted by atomic mass is 32.1. The van der Waals surface area contributed by atoms with Gasteiger partial charge in [0, 0.05) is 38.2 Å². The van der Waals surface area contributed by atoms with Gasteiger partial charge >= 0.3 is 0 Å². The standard InChI is InChI=1S/C58H38N2S/c1-2-19-44(20-3-1)60-55-29-9-8-24-53(55)58-56(60)54-28-13-27-52(57(54)61-58)43-18-10-21-47(38-43)59(45-34-30-41(31-35-45)50-25-11-16-39-14-4-6-22-48(39)50)46-36-32-42(33-37-46)51-26-12-17-40-15-5-7-23-49(40)51/h1-38H. The van der Waals surface area contributed by atoms with Crippen LogP contribution in [0, 0.1) is 0 Å². The summed E-state index contributed by atoms with van der Waals surface area (Å²) in [5, 5.41) is 7.57. The Labute approximate surface area is 358 Å². The van der Waals surface area contributed by atoms with Crippen LogP contribution in [0.15, 0.2) is 231 Å². The fourth-order valence-corrected chi connectivity index (χ4v) is 10.7. The Hall–Kier alpha value is -7.72. The first-order valence-electron chi connectivity index (χ1n) is 20.8. The molecule has 3 heteroatoms. The SMILES string of the molecule is c1ccc(-n2c3ccccc3c3sc4c(-c5cccc(N(c6ccc(-c7cccc8ccccc78)cc6)c6ccc(-c7cccc8ccccc78)cc6)c5)cccc4c32)cc1. The number of benzene rings is 10. The molecule has 0 aliphatic carbocycles. The van der Waals surface area contributed by atoms with E-state index in [0.29, 0.717) is 0 Å². The summed E-state index contributed by atoms with van der Waals surface area (Å²) in [4.78, 5) is 2.39. The van der Waals surface area contributed by atoms with Crippen molar-refractivity contribution in [3.8, 4) is 39.1 Å². The molecule has 0 aliphatic heterocycles. The maximum absolute atomic E-state index is 2.44. The molecule has 0 bridgehead atoms. The highest BCUT2D eigenvalue weighted by molar-refractivity contribution is 7.27. The van der Waals surface area contributed by atoms with Gasteiger partial charge in [0.1, 0.15) is 0 Å². The number of thiophene rings is 1. The van der Waals surface area contributed by atoms with Crippen molar-refractivity contribution < 1.29 is 0 Å². The highest BCUT2D eigenvalue weighted by Crippen LogP contribution is 2.47. The van der Waals surface area contributed by atoms with Gasteiger partial charge in [0.05, 0.1) is 15.7 Å². The molecule has 2 heterocycles. The monoisotopic (exact) mass is 794 g/mol. The van der Waals surface area contributed by atoms with Crippen LogP contribution in [-0.4, -0.2) is 4.57 Å². The lowest BCUT2D eigenvalue weighted by Crippen LogP contribution is -2.10. The zero-order chi connectivity index (χ0) is 40.3. The number of hydrogen-bond donors (Lipinski definition) is 0. The Bertz CT molecular complexity index is 3440. The van der Waals surface area contributed by atoms with Crippen LogP contribution in [0.2, 0.25) is 0 Å². The molecule has 12 aromatic rings. The van der Waals surface area contributed by atoms with Crippen molar-refractivity contribution in [1.82, 2.24) is 4.57 Å². The van der Waals surface area contributed by atoms with E-state index in [4.69, 9.17) is 0 Å². The molecule has 0 saturated carbocycles. The number of hydrogen-bond acceptors (Lipinski definition) is 2. The van der Waals surface area contributed by atoms with Crippen LogP contribution in [-0.2, 0) is 0 Å². The van der Waals surface area contributed by atoms with Gasteiger partial charge in [-0.05, 0) is 110 Å². The molecule has 12 rings (SSSR count). The van der Waals surface area contributed by atoms with Crippen LogP contribution in [0.25, 0.3) is 91.8 Å². The number of para-hydroxylation sites is 2. The van der Waals surface area contributed by atoms with Gasteiger partial charge in [-0.3, -0.25) is 0 Å². The predicted octanol–water partition coefficient (Wildman–Crippen LogP) is 16.8. The molecule has 0 amide bonds. The van der Waals surface area contributed by atoms with Crippen molar-refractivity contribution in [2.75, 3.05) is 4.90 Å². The van der Waals surface area contributed by atoms with Gasteiger partial charge in [-0.25, -0.2) is 0 Å². The van der Waals surface area contributed by atoms with E-state index in [0.717, 1.165) is 17.1 Å². The Kier molecular flexibility index (Phi) is 8.39. The molecule has 0 unspecified atom stereocenters. The van der Waals surface area contributed by atoms with Crippen LogP contribution in [0.5, 0.6) is 0 Å². The molecule has 0 fully saturated rings. The molecule has 0 aliphatic rings. The Morgan fingerprint density at radius 3 is 1.49 bits per heavy atom. The first-order chi connectivity index (χ1) is 30.3. The van der Waals surface area contributed by atoms with Gasteiger partial charge in [-0.1, -0.05) is 176 Å². The quantitative estimate of drug-likeness (QED) is 0.156. The minimum atomic E-state index is 1.10. The molecule has 10 aromatic carbocycles. The second kappa shape index (κ2) is 14.5. The maximum atomic E-state index is 2.44. The minimum absolute atomic E-state index is 1.10. The van der Waals surface area contributed by atoms with E-state index in [1.807, 2.05) is 11.3 Å². The van der Waals surface area contributed by atoms with Crippen molar-refractivity contribution in [3.63, 3.8) is 0 Å². The summed E-state index contributed by atoms with van der Waals surface area (Å²) in [5.74, 6) is 0. The van der Waals surface area contributed by atoms with E-state index < -0.39 is 0 Å². The zero-order valence-corrected chi connectivity index (χ0v) is 34.1. The van der Waals surface area contributed by atoms with Crippen LogP contribution in [0.4, 0.5) is 17.1 Å². The van der Waals surface area contributed by atoms with Crippen molar-refractivity contribution in [2.45, 2.75) is 0 Å². The topological polar surface area (TPSA) is 8.17 Å². The van der Waals surface area contributed by atoms with Gasteiger partial charge in [0.2, 0.25) is 0 Å². The van der Waals surface area contributed by atoms with Crippen molar-refractivity contribution in [1.29, 1.82) is 0 Å². The van der Waals surface area contributed by atoms with E-state index in [-0.39, 0.29) is 0 Å². The van der Waals surface area contributed by atoms with Gasteiger partial charge in [-0.15, -0.1) is 11.3 Å². The zero-order valence-electron chi connectivity index (χ0n) is 33.2. The highest BCUT2D eigenvalue weighted by Gasteiger charge is 2.21. The smallest absolute Gasteiger partial charge is 0.0727 e. The lowest BCUT2D eigenvalue weighted by molar-refractivity contribution is 1.19. The second-order valence-electron chi connectivity index (χ2n) is 15.7. The van der Waals surface area contributed by atoms with Crippen molar-refractivity contribution in [2.24, 2.45) is 0 Å². The average molecular weight is 795 g/mol. The third-order valence-corrected chi connectivity index (χ3v) is 13.4. The molecule has 2 nitrogen and oxygen atoms in total. The molecule has 2 aromatic heterocycles. The summed E-state index contributed by atoms with van der Waals surface area (Å²) < 4.78 is 5.05. The summed E-state index contributed by atoms with van der Waals surface area (Å²) in [6, 6.07) is 84.0. The van der Waals surface area contributed by atoms with E-state index in [9.17, 15) is 0 Å². The molecule has 286 valence electrons. The number of rotatable bonds is 7. The van der Waals surface area contributed by atoms with Crippen molar-refractivity contribution in [3.05, 3.63) is 231 Å². The molecule has 0 N–H and O–H groups in total. The molecule has 0 radical (unpaired) electrons. The van der Waals surface area contributed by atoms with Crippen LogP contribution < -0.4 is 4.90 Å². The normalized spacial score (nSPS) is 11.6. The maximum Gasteiger partial charge on any atom is 0.0727 e. The third kappa shape index (κ3) is 5.93. The van der Waals surface area contributed by atoms with E-state index in [1.165, 1.54) is 91.8 Å². The second-order valence-corrected chi connectivity index (χ2v) is 16.7. The summed E-state index contributed by atoms with van der Waals surface area (Å²) in [7, 11) is 0. The first-order valence-corrected chi connectivity index (χ1v) is 21.7. The van der Waals surface area contributed by atoms with Crippen LogP contribution in [0.1, 0.15) is 0 Å². The summed E-state index contributed by atoms with van der Waals surface area (Å²) >= 11 is 1.90. The van der Waals surface area contributed by atoms with E-state index >= 15 is 0 Å². The Morgan fingerprint density at radius 2 is 0.836 bits per heavy atom. The Balaban J connectivity index is 1.00. The summed E-state index contributed by atoms with van der Waals surface area (Å²) in [6.45, 7) is 0. The average Bonchev–Trinajstić information content (AvgIpc) is 3.87. The molecule has 0 spiro atoms. The molecular formula is C58H38N2S. The van der Waals surface area contributed by atoms with Gasteiger partial charge in [0.15, 0.2) is 0 Å². The Morgan fingerprint density at radius 1 is 0.328 bits per heavy atom. The van der Waals surface area contributed by atoms with Crippen LogP contribution in [0.3, 0.4) is 0 Å². The lowest BCUT2D eigenvalue weighted by atomic mass is 9.97. The number of anilines is 3.